The van der Waals surface area contributed by atoms with E-state index < -0.39 is 4.92 Å². The fourth-order valence-corrected chi connectivity index (χ4v) is 2.13. The third-order valence-corrected chi connectivity index (χ3v) is 3.34. The molecule has 3 N–H and O–H groups in total. The largest absolute Gasteiger partial charge is 0.360 e. The number of nitriles is 1. The lowest BCUT2D eigenvalue weighted by Gasteiger charge is -2.09. The summed E-state index contributed by atoms with van der Waals surface area (Å²) in [7, 11) is 0. The lowest BCUT2D eigenvalue weighted by Crippen LogP contribution is -1.99. The van der Waals surface area contributed by atoms with Gasteiger partial charge in [0.05, 0.1) is 4.92 Å². The van der Waals surface area contributed by atoms with Gasteiger partial charge in [-0.25, -0.2) is 0 Å². The van der Waals surface area contributed by atoms with E-state index in [4.69, 9.17) is 5.26 Å². The van der Waals surface area contributed by atoms with Crippen LogP contribution in [0.5, 0.6) is 0 Å². The molecule has 26 heavy (non-hydrogen) atoms. The molecule has 0 aliphatic heterocycles. The predicted octanol–water partition coefficient (Wildman–Crippen LogP) is 2.83. The predicted molar refractivity (Wildman–Crippen MR) is 94.2 cm³/mol. The van der Waals surface area contributed by atoms with Gasteiger partial charge >= 0.3 is 0 Å². The molecule has 3 aromatic rings. The third-order valence-electron chi connectivity index (χ3n) is 3.34. The molecule has 0 spiro atoms. The number of rotatable bonds is 6. The van der Waals surface area contributed by atoms with Gasteiger partial charge in [-0.05, 0) is 29.5 Å². The van der Waals surface area contributed by atoms with E-state index in [1.165, 1.54) is 12.3 Å². The maximum absolute atomic E-state index is 11.4. The summed E-state index contributed by atoms with van der Waals surface area (Å²) in [5.41, 5.74) is 1.55. The molecular weight excluding hydrogens is 336 g/mol. The van der Waals surface area contributed by atoms with Crippen LogP contribution in [0, 0.1) is 21.4 Å². The summed E-state index contributed by atoms with van der Waals surface area (Å²) >= 11 is 0. The summed E-state index contributed by atoms with van der Waals surface area (Å²) in [4.78, 5) is 10.9. The number of nitro benzene ring substituents is 1. The molecule has 0 saturated heterocycles. The van der Waals surface area contributed by atoms with E-state index in [0.29, 0.717) is 11.4 Å². The maximum atomic E-state index is 11.4. The Hall–Kier alpha value is -4.26. The number of allylic oxidation sites excluding steroid dienone is 1. The Kier molecular flexibility index (Phi) is 4.81. The first-order valence-corrected chi connectivity index (χ1v) is 7.38. The molecule has 128 valence electrons. The fraction of sp³-hybridized carbons (Fsp3) is 0. The third kappa shape index (κ3) is 3.80. The molecule has 0 amide bonds. The molecule has 0 bridgehead atoms. The highest BCUT2D eigenvalue weighted by atomic mass is 16.6. The fourth-order valence-electron chi connectivity index (χ4n) is 2.13. The van der Waals surface area contributed by atoms with Crippen molar-refractivity contribution in [1.82, 2.24) is 20.6 Å². The molecule has 0 unspecified atom stereocenters. The van der Waals surface area contributed by atoms with Gasteiger partial charge < -0.3 is 10.6 Å². The Morgan fingerprint density at radius 2 is 2.04 bits per heavy atom. The zero-order valence-electron chi connectivity index (χ0n) is 13.2. The Morgan fingerprint density at radius 1 is 1.23 bits per heavy atom. The van der Waals surface area contributed by atoms with Gasteiger partial charge in [-0.3, -0.25) is 10.1 Å². The molecule has 3 rings (SSSR count). The summed E-state index contributed by atoms with van der Waals surface area (Å²) in [5, 5.41) is 39.4. The number of hydrogen-bond acceptors (Lipinski definition) is 8. The molecular formula is C16H12N8O2. The summed E-state index contributed by atoms with van der Waals surface area (Å²) in [5.74, 6) is 0.122. The summed E-state index contributed by atoms with van der Waals surface area (Å²) in [6, 6.07) is 15.7. The van der Waals surface area contributed by atoms with Gasteiger partial charge in [0.25, 0.3) is 5.69 Å². The second-order valence-corrected chi connectivity index (χ2v) is 5.03. The van der Waals surface area contributed by atoms with Gasteiger partial charge in [0.1, 0.15) is 17.3 Å². The minimum atomic E-state index is -0.482. The van der Waals surface area contributed by atoms with Crippen molar-refractivity contribution in [2.45, 2.75) is 0 Å². The number of aromatic nitrogens is 4. The van der Waals surface area contributed by atoms with Gasteiger partial charge in [-0.1, -0.05) is 18.2 Å². The normalized spacial score (nSPS) is 10.8. The SMILES string of the molecule is N#CC(=CNc1ccc(Nc2ccccc2)c([N+](=O)[O-])c1)c1nn[nH]n1. The number of tetrazole rings is 1. The number of nitrogens with one attached hydrogen (secondary N) is 3. The van der Waals surface area contributed by atoms with E-state index in [-0.39, 0.29) is 17.1 Å². The van der Waals surface area contributed by atoms with Gasteiger partial charge in [-0.2, -0.15) is 10.5 Å². The topological polar surface area (TPSA) is 145 Å². The summed E-state index contributed by atoms with van der Waals surface area (Å²) in [6.45, 7) is 0. The Morgan fingerprint density at radius 3 is 2.69 bits per heavy atom. The smallest absolute Gasteiger partial charge is 0.294 e. The van der Waals surface area contributed by atoms with Gasteiger partial charge in [0.2, 0.25) is 5.82 Å². The molecule has 0 atom stereocenters. The van der Waals surface area contributed by atoms with E-state index in [1.54, 1.807) is 12.1 Å². The van der Waals surface area contributed by atoms with Crippen molar-refractivity contribution in [2.24, 2.45) is 0 Å². The van der Waals surface area contributed by atoms with Crippen molar-refractivity contribution in [3.8, 4) is 6.07 Å². The molecule has 2 aromatic carbocycles. The zero-order chi connectivity index (χ0) is 18.4. The molecule has 1 heterocycles. The van der Waals surface area contributed by atoms with Crippen LogP contribution in [0.15, 0.2) is 54.7 Å². The second kappa shape index (κ2) is 7.54. The molecule has 0 radical (unpaired) electrons. The highest BCUT2D eigenvalue weighted by Crippen LogP contribution is 2.30. The van der Waals surface area contributed by atoms with Gasteiger partial charge in [0, 0.05) is 23.6 Å². The molecule has 0 fully saturated rings. The van der Waals surface area contributed by atoms with Crippen molar-refractivity contribution >= 4 is 28.3 Å². The van der Waals surface area contributed by atoms with Crippen LogP contribution in [0.25, 0.3) is 5.57 Å². The number of benzene rings is 2. The average Bonchev–Trinajstić information content (AvgIpc) is 3.18. The summed E-state index contributed by atoms with van der Waals surface area (Å²) in [6.07, 6.45) is 1.36. The Labute approximate surface area is 147 Å². The van der Waals surface area contributed by atoms with Crippen LogP contribution in [-0.4, -0.2) is 25.5 Å². The molecule has 10 heteroatoms. The molecule has 10 nitrogen and oxygen atoms in total. The van der Waals surface area contributed by atoms with Crippen molar-refractivity contribution in [2.75, 3.05) is 10.6 Å². The highest BCUT2D eigenvalue weighted by Gasteiger charge is 2.15. The van der Waals surface area contributed by atoms with E-state index in [0.717, 1.165) is 5.69 Å². The Bertz CT molecular complexity index is 977. The number of anilines is 3. The van der Waals surface area contributed by atoms with Gasteiger partial charge in [-0.15, -0.1) is 10.2 Å². The van der Waals surface area contributed by atoms with Crippen LogP contribution in [-0.2, 0) is 0 Å². The first kappa shape index (κ1) is 16.6. The van der Waals surface area contributed by atoms with E-state index >= 15 is 0 Å². The van der Waals surface area contributed by atoms with Crippen molar-refractivity contribution < 1.29 is 4.92 Å². The number of aromatic amines is 1. The maximum Gasteiger partial charge on any atom is 0.294 e. The first-order valence-electron chi connectivity index (χ1n) is 7.38. The second-order valence-electron chi connectivity index (χ2n) is 5.03. The minimum Gasteiger partial charge on any atom is -0.360 e. The molecule has 0 saturated carbocycles. The quantitative estimate of drug-likeness (QED) is 0.350. The number of H-pyrrole nitrogens is 1. The average molecular weight is 348 g/mol. The van der Waals surface area contributed by atoms with Crippen molar-refractivity contribution in [3.63, 3.8) is 0 Å². The van der Waals surface area contributed by atoms with Crippen LogP contribution >= 0.6 is 0 Å². The number of nitro groups is 1. The van der Waals surface area contributed by atoms with E-state index in [2.05, 4.69) is 31.3 Å². The molecule has 1 aromatic heterocycles. The number of hydrogen-bond donors (Lipinski definition) is 3. The van der Waals surface area contributed by atoms with Crippen molar-refractivity contribution in [3.05, 3.63) is 70.7 Å². The number of para-hydroxylation sites is 1. The zero-order valence-corrected chi connectivity index (χ0v) is 13.2. The van der Waals surface area contributed by atoms with Crippen LogP contribution in [0.2, 0.25) is 0 Å². The number of nitrogens with zero attached hydrogens (tertiary/aromatic N) is 5. The molecule has 0 aliphatic carbocycles. The van der Waals surface area contributed by atoms with E-state index in [1.807, 2.05) is 36.4 Å². The van der Waals surface area contributed by atoms with Gasteiger partial charge in [0.15, 0.2) is 0 Å². The lowest BCUT2D eigenvalue weighted by molar-refractivity contribution is -0.383. The van der Waals surface area contributed by atoms with Crippen LogP contribution in [0.4, 0.5) is 22.7 Å². The van der Waals surface area contributed by atoms with Crippen molar-refractivity contribution in [1.29, 1.82) is 5.26 Å². The van der Waals surface area contributed by atoms with Crippen LogP contribution in [0.1, 0.15) is 5.82 Å². The van der Waals surface area contributed by atoms with Crippen LogP contribution in [0.3, 0.4) is 0 Å². The Balaban J connectivity index is 1.85. The standard InChI is InChI=1S/C16H12N8O2/c17-9-11(16-20-22-23-21-16)10-18-13-6-7-14(15(8-13)24(25)26)19-12-4-2-1-3-5-12/h1-8,10,18-19H,(H,20,21,22,23). The molecule has 0 aliphatic rings. The van der Waals surface area contributed by atoms with E-state index in [9.17, 15) is 10.1 Å². The lowest BCUT2D eigenvalue weighted by atomic mass is 10.2. The van der Waals surface area contributed by atoms with Crippen LogP contribution < -0.4 is 10.6 Å². The summed E-state index contributed by atoms with van der Waals surface area (Å²) < 4.78 is 0. The first-order chi connectivity index (χ1) is 12.7. The minimum absolute atomic E-state index is 0.106. The highest BCUT2D eigenvalue weighted by molar-refractivity contribution is 5.76. The monoisotopic (exact) mass is 348 g/mol.